The molecule has 10 nitrogen and oxygen atoms in total. The molecule has 1 aromatic heterocycles. The molecule has 1 aromatic rings. The third-order valence-corrected chi connectivity index (χ3v) is 6.72. The number of hydrogen-bond acceptors (Lipinski definition) is 7. The second-order valence-corrected chi connectivity index (χ2v) is 9.30. The van der Waals surface area contributed by atoms with E-state index in [0.717, 1.165) is 69.3 Å². The van der Waals surface area contributed by atoms with E-state index in [0.29, 0.717) is 19.0 Å². The number of nitrogens with two attached hydrogens (primary N) is 1. The van der Waals surface area contributed by atoms with Crippen LogP contribution in [0.4, 0.5) is 5.82 Å². The summed E-state index contributed by atoms with van der Waals surface area (Å²) in [6, 6.07) is 4.04. The summed E-state index contributed by atoms with van der Waals surface area (Å²) in [5.74, 6) is 1.70. The number of morpholine rings is 1. The fourth-order valence-corrected chi connectivity index (χ4v) is 4.82. The molecule has 1 amide bonds. The van der Waals surface area contributed by atoms with Crippen molar-refractivity contribution in [2.45, 2.75) is 45.3 Å². The van der Waals surface area contributed by atoms with Crippen LogP contribution in [-0.2, 0) is 16.1 Å². The molecule has 3 aliphatic heterocycles. The van der Waals surface area contributed by atoms with Crippen LogP contribution >= 0.6 is 0 Å². The second-order valence-electron chi connectivity index (χ2n) is 9.30. The highest BCUT2D eigenvalue weighted by Crippen LogP contribution is 2.22. The van der Waals surface area contributed by atoms with Gasteiger partial charge >= 0.3 is 0 Å². The number of ether oxygens (including phenoxy) is 1. The SMILES string of the molecule is CCCCN=C1N=C(CN)C2NC(=O)CN(Cc3ccnc(N4CCOCC4)c3)CC2C(C)N1. The molecule has 3 atom stereocenters. The summed E-state index contributed by atoms with van der Waals surface area (Å²) in [5, 5.41) is 6.68. The van der Waals surface area contributed by atoms with Gasteiger partial charge in [-0.1, -0.05) is 13.3 Å². The summed E-state index contributed by atoms with van der Waals surface area (Å²) in [7, 11) is 0. The van der Waals surface area contributed by atoms with Crippen molar-refractivity contribution in [3.8, 4) is 0 Å². The van der Waals surface area contributed by atoms with Crippen LogP contribution < -0.4 is 21.3 Å². The van der Waals surface area contributed by atoms with Gasteiger partial charge in [0.15, 0.2) is 0 Å². The minimum absolute atomic E-state index is 0.00493. The van der Waals surface area contributed by atoms with Gasteiger partial charge in [-0.15, -0.1) is 0 Å². The molecule has 3 unspecified atom stereocenters. The Balaban J connectivity index is 1.51. The zero-order valence-electron chi connectivity index (χ0n) is 20.4. The molecule has 2 fully saturated rings. The number of anilines is 1. The van der Waals surface area contributed by atoms with E-state index in [1.165, 1.54) is 0 Å². The quantitative estimate of drug-likeness (QED) is 0.493. The number of carbonyl (C=O) groups is 1. The van der Waals surface area contributed by atoms with Crippen LogP contribution in [0.2, 0.25) is 0 Å². The van der Waals surface area contributed by atoms with Gasteiger partial charge < -0.3 is 26.0 Å². The van der Waals surface area contributed by atoms with E-state index < -0.39 is 0 Å². The normalized spacial score (nSPS) is 27.3. The van der Waals surface area contributed by atoms with Crippen LogP contribution in [0.25, 0.3) is 0 Å². The van der Waals surface area contributed by atoms with Gasteiger partial charge in [0.2, 0.25) is 11.9 Å². The molecule has 3 aliphatic rings. The number of pyridine rings is 1. The molecular weight excluding hydrogens is 432 g/mol. The Hall–Kier alpha value is -2.56. The molecule has 0 radical (unpaired) electrons. The van der Waals surface area contributed by atoms with Gasteiger partial charge in [-0.25, -0.2) is 9.98 Å². The first kappa shape index (κ1) is 24.6. The standard InChI is InChI=1S/C24H38N8O2/c1-3-4-6-27-24-28-17(2)19-15-31(16-22(33)30-23(19)20(13-25)29-24)14-18-5-7-26-21(12-18)32-8-10-34-11-9-32/h5,7,12,17,19,23H,3-4,6,8-11,13-16,25H2,1-2H3,(H,27,28)(H,30,33). The minimum atomic E-state index is -0.203. The lowest BCUT2D eigenvalue weighted by atomic mass is 9.89. The minimum Gasteiger partial charge on any atom is -0.378 e. The molecule has 0 aromatic carbocycles. The number of unbranched alkanes of at least 4 members (excludes halogenated alkanes) is 1. The van der Waals surface area contributed by atoms with Gasteiger partial charge in [-0.2, -0.15) is 0 Å². The Morgan fingerprint density at radius 3 is 2.88 bits per heavy atom. The molecule has 0 bridgehead atoms. The van der Waals surface area contributed by atoms with Crippen LogP contribution in [0.5, 0.6) is 0 Å². The lowest BCUT2D eigenvalue weighted by molar-refractivity contribution is -0.121. The molecule has 2 saturated heterocycles. The molecule has 0 saturated carbocycles. The van der Waals surface area contributed by atoms with E-state index in [-0.39, 0.29) is 30.5 Å². The zero-order valence-corrected chi connectivity index (χ0v) is 20.4. The maximum absolute atomic E-state index is 12.9. The molecule has 186 valence electrons. The van der Waals surface area contributed by atoms with Gasteiger partial charge in [0.25, 0.3) is 0 Å². The van der Waals surface area contributed by atoms with Crippen LogP contribution in [0.3, 0.4) is 0 Å². The summed E-state index contributed by atoms with van der Waals surface area (Å²) in [5.41, 5.74) is 8.01. The lowest BCUT2D eigenvalue weighted by Gasteiger charge is -2.31. The number of rotatable bonds is 7. The van der Waals surface area contributed by atoms with E-state index in [2.05, 4.69) is 50.3 Å². The summed E-state index contributed by atoms with van der Waals surface area (Å²) in [4.78, 5) is 31.3. The average molecular weight is 471 g/mol. The number of aromatic nitrogens is 1. The maximum Gasteiger partial charge on any atom is 0.234 e. The molecule has 0 aliphatic carbocycles. The first-order valence-electron chi connectivity index (χ1n) is 12.4. The fraction of sp³-hybridized carbons (Fsp3) is 0.667. The van der Waals surface area contributed by atoms with Gasteiger partial charge in [0.1, 0.15) is 5.82 Å². The first-order valence-corrected chi connectivity index (χ1v) is 12.4. The zero-order chi connectivity index (χ0) is 23.9. The van der Waals surface area contributed by atoms with E-state index in [1.807, 2.05) is 12.3 Å². The molecule has 0 spiro atoms. The molecule has 4 rings (SSSR count). The van der Waals surface area contributed by atoms with E-state index in [4.69, 9.17) is 15.5 Å². The number of aliphatic imine (C=N–C) groups is 2. The highest BCUT2D eigenvalue weighted by Gasteiger charge is 2.38. The maximum atomic E-state index is 12.9. The van der Waals surface area contributed by atoms with Crippen molar-refractivity contribution >= 4 is 23.4 Å². The summed E-state index contributed by atoms with van der Waals surface area (Å²) in [6.45, 7) is 10.2. The summed E-state index contributed by atoms with van der Waals surface area (Å²) in [6.07, 6.45) is 3.95. The molecule has 34 heavy (non-hydrogen) atoms. The van der Waals surface area contributed by atoms with Crippen molar-refractivity contribution in [1.82, 2.24) is 20.5 Å². The predicted octanol–water partition coefficient (Wildman–Crippen LogP) is 0.382. The van der Waals surface area contributed by atoms with E-state index >= 15 is 0 Å². The Labute approximate surface area is 202 Å². The van der Waals surface area contributed by atoms with Gasteiger partial charge in [-0.3, -0.25) is 14.7 Å². The smallest absolute Gasteiger partial charge is 0.234 e. The number of amides is 1. The number of fused-ring (bicyclic) bond motifs is 1. The Bertz CT molecular complexity index is 899. The number of guanidine groups is 1. The van der Waals surface area contributed by atoms with Crippen LogP contribution in [-0.4, -0.2) is 92.0 Å². The van der Waals surface area contributed by atoms with Gasteiger partial charge in [0, 0.05) is 57.4 Å². The number of nitrogens with zero attached hydrogens (tertiary/aromatic N) is 5. The monoisotopic (exact) mass is 470 g/mol. The summed E-state index contributed by atoms with van der Waals surface area (Å²) < 4.78 is 5.47. The Kier molecular flexibility index (Phi) is 8.47. The highest BCUT2D eigenvalue weighted by molar-refractivity contribution is 6.03. The third-order valence-electron chi connectivity index (χ3n) is 6.72. The van der Waals surface area contributed by atoms with Crippen LogP contribution in [0.1, 0.15) is 32.3 Å². The van der Waals surface area contributed by atoms with E-state index in [1.54, 1.807) is 0 Å². The number of nitrogens with one attached hydrogen (secondary N) is 2. The number of carbonyl (C=O) groups excluding carboxylic acids is 1. The molecular formula is C24H38N8O2. The highest BCUT2D eigenvalue weighted by atomic mass is 16.5. The molecule has 4 N–H and O–H groups in total. The van der Waals surface area contributed by atoms with Crippen molar-refractivity contribution in [2.24, 2.45) is 21.6 Å². The Morgan fingerprint density at radius 2 is 2.12 bits per heavy atom. The lowest BCUT2D eigenvalue weighted by Crippen LogP contribution is -2.52. The largest absolute Gasteiger partial charge is 0.378 e. The van der Waals surface area contributed by atoms with Crippen molar-refractivity contribution in [2.75, 3.05) is 57.4 Å². The molecule has 10 heteroatoms. The second kappa shape index (κ2) is 11.7. The average Bonchev–Trinajstić information content (AvgIpc) is 3.08. The van der Waals surface area contributed by atoms with Crippen LogP contribution in [0.15, 0.2) is 28.3 Å². The topological polar surface area (TPSA) is 120 Å². The van der Waals surface area contributed by atoms with Crippen molar-refractivity contribution < 1.29 is 9.53 Å². The van der Waals surface area contributed by atoms with Crippen molar-refractivity contribution in [3.05, 3.63) is 23.9 Å². The van der Waals surface area contributed by atoms with Crippen molar-refractivity contribution in [1.29, 1.82) is 0 Å². The Morgan fingerprint density at radius 1 is 1.29 bits per heavy atom. The third kappa shape index (κ3) is 6.11. The van der Waals surface area contributed by atoms with Crippen molar-refractivity contribution in [3.63, 3.8) is 0 Å². The predicted molar refractivity (Wildman–Crippen MR) is 134 cm³/mol. The van der Waals surface area contributed by atoms with Gasteiger partial charge in [0.05, 0.1) is 31.5 Å². The summed E-state index contributed by atoms with van der Waals surface area (Å²) >= 11 is 0. The van der Waals surface area contributed by atoms with Crippen LogP contribution in [0, 0.1) is 5.92 Å². The first-order chi connectivity index (χ1) is 16.6. The van der Waals surface area contributed by atoms with Gasteiger partial charge in [-0.05, 0) is 31.0 Å². The fourth-order valence-electron chi connectivity index (χ4n) is 4.82. The van der Waals surface area contributed by atoms with E-state index in [9.17, 15) is 4.79 Å². The number of hydrogen-bond donors (Lipinski definition) is 3. The molecule has 4 heterocycles.